The van der Waals surface area contributed by atoms with E-state index in [4.69, 9.17) is 4.74 Å². The Morgan fingerprint density at radius 1 is 1.06 bits per heavy atom. The van der Waals surface area contributed by atoms with Crippen LogP contribution in [0.1, 0.15) is 22.5 Å². The van der Waals surface area contributed by atoms with Crippen molar-refractivity contribution in [3.05, 3.63) is 84.2 Å². The zero-order chi connectivity index (χ0) is 22.8. The van der Waals surface area contributed by atoms with Gasteiger partial charge >= 0.3 is 5.97 Å². The summed E-state index contributed by atoms with van der Waals surface area (Å²) in [6.45, 7) is 0. The van der Waals surface area contributed by atoms with E-state index in [1.807, 2.05) is 73.0 Å². The van der Waals surface area contributed by atoms with Crippen LogP contribution in [0.25, 0.3) is 11.1 Å². The van der Waals surface area contributed by atoms with Gasteiger partial charge in [0.25, 0.3) is 5.91 Å². The molecular weight excluding hydrogens is 440 g/mol. The predicted octanol–water partition coefficient (Wildman–Crippen LogP) is 5.07. The third-order valence-corrected chi connectivity index (χ3v) is 6.51. The predicted molar refractivity (Wildman–Crippen MR) is 132 cm³/mol. The van der Waals surface area contributed by atoms with Crippen molar-refractivity contribution in [2.24, 2.45) is 0 Å². The molecule has 0 saturated carbocycles. The van der Waals surface area contributed by atoms with Gasteiger partial charge in [-0.1, -0.05) is 36.4 Å². The maximum Gasteiger partial charge on any atom is 0.328 e. The van der Waals surface area contributed by atoms with Crippen LogP contribution in [0, 0.1) is 0 Å². The number of methoxy groups -OCH3 is 1. The van der Waals surface area contributed by atoms with E-state index in [-0.39, 0.29) is 5.91 Å². The normalized spacial score (nSPS) is 11.6. The van der Waals surface area contributed by atoms with E-state index in [1.165, 1.54) is 7.11 Å². The van der Waals surface area contributed by atoms with Gasteiger partial charge in [-0.3, -0.25) is 9.78 Å². The molecule has 0 aliphatic rings. The molecule has 1 atom stereocenters. The van der Waals surface area contributed by atoms with Crippen LogP contribution >= 0.6 is 23.5 Å². The van der Waals surface area contributed by atoms with E-state index in [2.05, 4.69) is 10.3 Å². The lowest BCUT2D eigenvalue weighted by atomic mass is 9.99. The topological polar surface area (TPSA) is 68.3 Å². The van der Waals surface area contributed by atoms with Gasteiger partial charge in [0.05, 0.1) is 12.8 Å². The number of carbonyl (C=O) groups is 2. The fourth-order valence-corrected chi connectivity index (χ4v) is 4.49. The zero-order valence-electron chi connectivity index (χ0n) is 18.1. The minimum Gasteiger partial charge on any atom is -0.467 e. The van der Waals surface area contributed by atoms with Gasteiger partial charge in [-0.05, 0) is 59.9 Å². The monoisotopic (exact) mass is 466 g/mol. The average Bonchev–Trinajstić information content (AvgIpc) is 2.85. The van der Waals surface area contributed by atoms with Gasteiger partial charge in [0, 0.05) is 22.4 Å². The Kier molecular flexibility index (Phi) is 9.19. The second-order valence-corrected chi connectivity index (χ2v) is 9.05. The van der Waals surface area contributed by atoms with Crippen LogP contribution in [0.3, 0.4) is 0 Å². The summed E-state index contributed by atoms with van der Waals surface area (Å²) in [6.07, 6.45) is 4.26. The molecule has 5 nitrogen and oxygen atoms in total. The fourth-order valence-electron chi connectivity index (χ4n) is 3.17. The Balaban J connectivity index is 1.86. The summed E-state index contributed by atoms with van der Waals surface area (Å²) in [7, 11) is 1.34. The highest BCUT2D eigenvalue weighted by Crippen LogP contribution is 2.31. The lowest BCUT2D eigenvalue weighted by Crippen LogP contribution is -2.42. The van der Waals surface area contributed by atoms with Gasteiger partial charge < -0.3 is 10.1 Å². The summed E-state index contributed by atoms with van der Waals surface area (Å²) < 4.78 is 4.88. The van der Waals surface area contributed by atoms with E-state index >= 15 is 0 Å². The molecule has 32 heavy (non-hydrogen) atoms. The number of hydrogen-bond acceptors (Lipinski definition) is 6. The molecular formula is C25H26N2O3S2. The quantitative estimate of drug-likeness (QED) is 0.333. The number of pyridine rings is 1. The van der Waals surface area contributed by atoms with Crippen molar-refractivity contribution in [3.63, 3.8) is 0 Å². The van der Waals surface area contributed by atoms with Crippen LogP contribution < -0.4 is 5.32 Å². The first-order chi connectivity index (χ1) is 15.6. The van der Waals surface area contributed by atoms with Crippen LogP contribution in [0.5, 0.6) is 0 Å². The van der Waals surface area contributed by atoms with Crippen molar-refractivity contribution < 1.29 is 14.3 Å². The van der Waals surface area contributed by atoms with Crippen LogP contribution in [0.4, 0.5) is 0 Å². The molecule has 1 N–H and O–H groups in total. The van der Waals surface area contributed by atoms with Crippen molar-refractivity contribution in [1.82, 2.24) is 10.3 Å². The molecule has 3 aromatic rings. The summed E-state index contributed by atoms with van der Waals surface area (Å²) in [4.78, 5) is 30.8. The molecule has 0 aliphatic heterocycles. The van der Waals surface area contributed by atoms with Gasteiger partial charge in [-0.15, -0.1) is 11.8 Å². The van der Waals surface area contributed by atoms with Crippen molar-refractivity contribution in [2.75, 3.05) is 19.1 Å². The van der Waals surface area contributed by atoms with Crippen molar-refractivity contribution >= 4 is 35.4 Å². The third kappa shape index (κ3) is 6.61. The van der Waals surface area contributed by atoms with Crippen LogP contribution in [0.15, 0.2) is 77.8 Å². The first-order valence-corrected chi connectivity index (χ1v) is 12.6. The summed E-state index contributed by atoms with van der Waals surface area (Å²) in [5.74, 6) is 0.756. The van der Waals surface area contributed by atoms with E-state index in [1.54, 1.807) is 29.7 Å². The molecule has 3 rings (SSSR count). The number of amides is 1. The largest absolute Gasteiger partial charge is 0.467 e. The SMILES string of the molecule is COC(=O)C(CCSC)NC(=O)c1ccc(SCc2ccccn2)cc1-c1ccccc1. The molecule has 0 spiro atoms. The highest BCUT2D eigenvalue weighted by Gasteiger charge is 2.23. The molecule has 1 heterocycles. The number of carbonyl (C=O) groups excluding carboxylic acids is 2. The van der Waals surface area contributed by atoms with Gasteiger partial charge in [0.15, 0.2) is 0 Å². The molecule has 1 aromatic heterocycles. The zero-order valence-corrected chi connectivity index (χ0v) is 19.7. The molecule has 0 fully saturated rings. The minimum atomic E-state index is -0.679. The second-order valence-electron chi connectivity index (χ2n) is 7.01. The third-order valence-electron chi connectivity index (χ3n) is 4.83. The highest BCUT2D eigenvalue weighted by molar-refractivity contribution is 7.98. The lowest BCUT2D eigenvalue weighted by molar-refractivity contribution is -0.142. The van der Waals surface area contributed by atoms with E-state index in [0.29, 0.717) is 12.0 Å². The molecule has 166 valence electrons. The summed E-state index contributed by atoms with van der Waals surface area (Å²) in [5.41, 5.74) is 3.28. The smallest absolute Gasteiger partial charge is 0.328 e. The Morgan fingerprint density at radius 3 is 2.53 bits per heavy atom. The Labute approximate surface area is 197 Å². The maximum atomic E-state index is 13.2. The van der Waals surface area contributed by atoms with Crippen molar-refractivity contribution in [1.29, 1.82) is 0 Å². The first-order valence-electron chi connectivity index (χ1n) is 10.2. The van der Waals surface area contributed by atoms with Crippen LogP contribution in [-0.4, -0.2) is 42.0 Å². The molecule has 0 saturated heterocycles. The van der Waals surface area contributed by atoms with Crippen LogP contribution in [0.2, 0.25) is 0 Å². The lowest BCUT2D eigenvalue weighted by Gasteiger charge is -2.18. The maximum absolute atomic E-state index is 13.2. The van der Waals surface area contributed by atoms with Gasteiger partial charge in [-0.2, -0.15) is 11.8 Å². The second kappa shape index (κ2) is 12.3. The number of esters is 1. The Hall–Kier alpha value is -2.77. The van der Waals surface area contributed by atoms with E-state index in [0.717, 1.165) is 33.2 Å². The van der Waals surface area contributed by atoms with E-state index < -0.39 is 12.0 Å². The molecule has 1 unspecified atom stereocenters. The molecule has 0 aliphatic carbocycles. The highest BCUT2D eigenvalue weighted by atomic mass is 32.2. The van der Waals surface area contributed by atoms with Gasteiger partial charge in [-0.25, -0.2) is 4.79 Å². The number of nitrogens with one attached hydrogen (secondary N) is 1. The summed E-state index contributed by atoms with van der Waals surface area (Å²) in [6, 6.07) is 20.7. The number of ether oxygens (including phenoxy) is 1. The first kappa shape index (κ1) is 23.9. The number of thioether (sulfide) groups is 2. The Morgan fingerprint density at radius 2 is 1.84 bits per heavy atom. The van der Waals surface area contributed by atoms with E-state index in [9.17, 15) is 9.59 Å². The van der Waals surface area contributed by atoms with Gasteiger partial charge in [0.2, 0.25) is 0 Å². The average molecular weight is 467 g/mol. The van der Waals surface area contributed by atoms with Crippen LogP contribution in [-0.2, 0) is 15.3 Å². The van der Waals surface area contributed by atoms with Crippen molar-refractivity contribution in [3.8, 4) is 11.1 Å². The number of rotatable bonds is 10. The number of nitrogens with zero attached hydrogens (tertiary/aromatic N) is 1. The molecule has 0 radical (unpaired) electrons. The minimum absolute atomic E-state index is 0.290. The summed E-state index contributed by atoms with van der Waals surface area (Å²) in [5, 5.41) is 2.86. The number of benzene rings is 2. The molecule has 2 aromatic carbocycles. The number of hydrogen-bond donors (Lipinski definition) is 1. The standard InChI is InChI=1S/C25H26N2O3S2/c1-30-25(29)23(13-15-31-2)27-24(28)21-12-11-20(32-17-19-10-6-7-14-26-19)16-22(21)18-8-4-3-5-9-18/h3-12,14,16,23H,13,15,17H2,1-2H3,(H,27,28). The molecule has 0 bridgehead atoms. The summed E-state index contributed by atoms with van der Waals surface area (Å²) >= 11 is 3.28. The van der Waals surface area contributed by atoms with Crippen molar-refractivity contribution in [2.45, 2.75) is 23.1 Å². The van der Waals surface area contributed by atoms with Gasteiger partial charge in [0.1, 0.15) is 6.04 Å². The Bertz CT molecular complexity index is 1030. The molecule has 1 amide bonds. The molecule has 7 heteroatoms. The fraction of sp³-hybridized carbons (Fsp3) is 0.240. The number of aromatic nitrogens is 1.